The van der Waals surface area contributed by atoms with Crippen LogP contribution in [0, 0.1) is 0 Å². The van der Waals surface area contributed by atoms with E-state index in [1.165, 1.54) is 0 Å². The molecule has 0 amide bonds. The van der Waals surface area contributed by atoms with Crippen molar-refractivity contribution in [2.24, 2.45) is 0 Å². The molecule has 0 aliphatic carbocycles. The van der Waals surface area contributed by atoms with Crippen molar-refractivity contribution in [3.63, 3.8) is 0 Å². The van der Waals surface area contributed by atoms with Crippen molar-refractivity contribution >= 4 is 17.5 Å². The average molecular weight is 383 g/mol. The monoisotopic (exact) mass is 382 g/mol. The second-order valence-corrected chi connectivity index (χ2v) is 7.32. The summed E-state index contributed by atoms with van der Waals surface area (Å²) in [4.78, 5) is 14.0. The lowest BCUT2D eigenvalue weighted by atomic mass is 10.1. The zero-order valence-corrected chi connectivity index (χ0v) is 16.3. The summed E-state index contributed by atoms with van der Waals surface area (Å²) in [5, 5.41) is 5.15. The normalized spacial score (nSPS) is 18.0. The number of hydrogen-bond donors (Lipinski definition) is 0. The summed E-state index contributed by atoms with van der Waals surface area (Å²) in [7, 11) is 2.19. The van der Waals surface area contributed by atoms with Gasteiger partial charge in [0.1, 0.15) is 0 Å². The standard InChI is InChI=1S/C20H23ClN6/c1-3-17-14-26(10-9-25(17)2)20-22-8-7-19(24-20)15-12-23-27(13-15)18-6-4-5-16(21)11-18/h4-8,11-13,17H,3,9-10,14H2,1-2H3. The van der Waals surface area contributed by atoms with Crippen LogP contribution in [0.1, 0.15) is 13.3 Å². The van der Waals surface area contributed by atoms with E-state index in [0.717, 1.165) is 48.9 Å². The number of benzene rings is 1. The lowest BCUT2D eigenvalue weighted by Gasteiger charge is -2.39. The first-order chi connectivity index (χ1) is 13.1. The highest BCUT2D eigenvalue weighted by Gasteiger charge is 2.24. The first kappa shape index (κ1) is 17.9. The quantitative estimate of drug-likeness (QED) is 0.691. The molecule has 1 aliphatic heterocycles. The maximum Gasteiger partial charge on any atom is 0.225 e. The van der Waals surface area contributed by atoms with Crippen molar-refractivity contribution in [2.45, 2.75) is 19.4 Å². The maximum atomic E-state index is 6.09. The molecule has 1 saturated heterocycles. The van der Waals surface area contributed by atoms with Crippen LogP contribution in [0.25, 0.3) is 16.9 Å². The van der Waals surface area contributed by atoms with Gasteiger partial charge in [-0.25, -0.2) is 14.6 Å². The Balaban J connectivity index is 1.58. The molecule has 1 unspecified atom stereocenters. The Morgan fingerprint density at radius 2 is 2.11 bits per heavy atom. The first-order valence-corrected chi connectivity index (χ1v) is 9.61. The summed E-state index contributed by atoms with van der Waals surface area (Å²) in [6.07, 6.45) is 6.75. The smallest absolute Gasteiger partial charge is 0.225 e. The Kier molecular flexibility index (Phi) is 5.09. The van der Waals surface area contributed by atoms with Crippen LogP contribution in [-0.2, 0) is 0 Å². The molecule has 3 aromatic rings. The van der Waals surface area contributed by atoms with E-state index in [0.29, 0.717) is 11.1 Å². The molecule has 2 aromatic heterocycles. The van der Waals surface area contributed by atoms with Crippen LogP contribution in [-0.4, -0.2) is 57.4 Å². The highest BCUT2D eigenvalue weighted by atomic mass is 35.5. The Labute approximate surface area is 164 Å². The van der Waals surface area contributed by atoms with Gasteiger partial charge >= 0.3 is 0 Å². The van der Waals surface area contributed by atoms with E-state index in [1.807, 2.05) is 53.6 Å². The van der Waals surface area contributed by atoms with Gasteiger partial charge < -0.3 is 4.90 Å². The van der Waals surface area contributed by atoms with Crippen LogP contribution in [0.4, 0.5) is 5.95 Å². The van der Waals surface area contributed by atoms with Crippen LogP contribution < -0.4 is 4.90 Å². The fourth-order valence-electron chi connectivity index (χ4n) is 3.44. The molecule has 7 heteroatoms. The topological polar surface area (TPSA) is 50.1 Å². The zero-order valence-electron chi connectivity index (χ0n) is 15.6. The van der Waals surface area contributed by atoms with Crippen LogP contribution in [0.3, 0.4) is 0 Å². The number of piperazine rings is 1. The molecule has 0 radical (unpaired) electrons. The summed E-state index contributed by atoms with van der Waals surface area (Å²) in [6, 6.07) is 10.1. The molecule has 0 bridgehead atoms. The summed E-state index contributed by atoms with van der Waals surface area (Å²) in [5.74, 6) is 0.787. The lowest BCUT2D eigenvalue weighted by Crippen LogP contribution is -2.51. The number of nitrogens with zero attached hydrogens (tertiary/aromatic N) is 6. The fraction of sp³-hybridized carbons (Fsp3) is 0.350. The average Bonchev–Trinajstić information content (AvgIpc) is 3.19. The maximum absolute atomic E-state index is 6.09. The molecule has 140 valence electrons. The molecular weight excluding hydrogens is 360 g/mol. The van der Waals surface area contributed by atoms with Crippen molar-refractivity contribution in [2.75, 3.05) is 31.6 Å². The van der Waals surface area contributed by atoms with Crippen molar-refractivity contribution in [3.8, 4) is 16.9 Å². The van der Waals surface area contributed by atoms with Crippen molar-refractivity contribution in [3.05, 3.63) is 53.9 Å². The van der Waals surface area contributed by atoms with Gasteiger partial charge in [0.15, 0.2) is 0 Å². The summed E-state index contributed by atoms with van der Waals surface area (Å²) in [5.41, 5.74) is 2.76. The molecule has 6 nitrogen and oxygen atoms in total. The van der Waals surface area contributed by atoms with Gasteiger partial charge in [-0.15, -0.1) is 0 Å². The first-order valence-electron chi connectivity index (χ1n) is 9.23. The van der Waals surface area contributed by atoms with Gasteiger partial charge in [-0.2, -0.15) is 5.10 Å². The van der Waals surface area contributed by atoms with E-state index in [2.05, 4.69) is 33.9 Å². The number of hydrogen-bond acceptors (Lipinski definition) is 5. The van der Waals surface area contributed by atoms with Crippen LogP contribution in [0.2, 0.25) is 5.02 Å². The van der Waals surface area contributed by atoms with Gasteiger partial charge in [-0.05, 0) is 37.7 Å². The van der Waals surface area contributed by atoms with Crippen LogP contribution in [0.5, 0.6) is 0 Å². The molecule has 3 heterocycles. The van der Waals surface area contributed by atoms with Gasteiger partial charge in [0.2, 0.25) is 5.95 Å². The van der Waals surface area contributed by atoms with Gasteiger partial charge in [0, 0.05) is 48.7 Å². The predicted octanol–water partition coefficient (Wildman–Crippen LogP) is 3.51. The highest BCUT2D eigenvalue weighted by molar-refractivity contribution is 6.30. The minimum Gasteiger partial charge on any atom is -0.338 e. The summed E-state index contributed by atoms with van der Waals surface area (Å²) < 4.78 is 1.81. The summed E-state index contributed by atoms with van der Waals surface area (Å²) in [6.45, 7) is 5.15. The number of rotatable bonds is 4. The Morgan fingerprint density at radius 3 is 2.93 bits per heavy atom. The molecule has 27 heavy (non-hydrogen) atoms. The third-order valence-electron chi connectivity index (χ3n) is 5.13. The van der Waals surface area contributed by atoms with E-state index in [9.17, 15) is 0 Å². The largest absolute Gasteiger partial charge is 0.338 e. The van der Waals surface area contributed by atoms with Crippen molar-refractivity contribution in [1.82, 2.24) is 24.6 Å². The Morgan fingerprint density at radius 1 is 1.22 bits per heavy atom. The molecule has 1 aromatic carbocycles. The third kappa shape index (κ3) is 3.82. The second kappa shape index (κ2) is 7.66. The minimum absolute atomic E-state index is 0.539. The minimum atomic E-state index is 0.539. The number of halogens is 1. The molecule has 0 saturated carbocycles. The van der Waals surface area contributed by atoms with E-state index < -0.39 is 0 Å². The second-order valence-electron chi connectivity index (χ2n) is 6.88. The van der Waals surface area contributed by atoms with Crippen LogP contribution in [0.15, 0.2) is 48.9 Å². The third-order valence-corrected chi connectivity index (χ3v) is 5.36. The Bertz CT molecular complexity index is 924. The van der Waals surface area contributed by atoms with Crippen molar-refractivity contribution in [1.29, 1.82) is 0 Å². The van der Waals surface area contributed by atoms with Crippen molar-refractivity contribution < 1.29 is 0 Å². The molecule has 0 N–H and O–H groups in total. The Hall–Kier alpha value is -2.44. The highest BCUT2D eigenvalue weighted by Crippen LogP contribution is 2.22. The number of likely N-dealkylation sites (N-methyl/N-ethyl adjacent to an activating group) is 1. The molecular formula is C20H23ClN6. The van der Waals surface area contributed by atoms with E-state index in [4.69, 9.17) is 16.6 Å². The molecule has 4 rings (SSSR count). The number of aromatic nitrogens is 4. The predicted molar refractivity (Wildman–Crippen MR) is 109 cm³/mol. The molecule has 1 aliphatic rings. The van der Waals surface area contributed by atoms with Gasteiger partial charge in [0.05, 0.1) is 17.6 Å². The number of anilines is 1. The van der Waals surface area contributed by atoms with Gasteiger partial charge in [-0.3, -0.25) is 4.90 Å². The lowest BCUT2D eigenvalue weighted by molar-refractivity contribution is 0.212. The molecule has 0 spiro atoms. The zero-order chi connectivity index (χ0) is 18.8. The molecule has 1 fully saturated rings. The van der Waals surface area contributed by atoms with E-state index in [-0.39, 0.29) is 0 Å². The van der Waals surface area contributed by atoms with Crippen LogP contribution >= 0.6 is 11.6 Å². The van der Waals surface area contributed by atoms with E-state index >= 15 is 0 Å². The SMILES string of the molecule is CCC1CN(c2nccc(-c3cnn(-c4cccc(Cl)c4)c3)n2)CCN1C. The van der Waals surface area contributed by atoms with Gasteiger partial charge in [0.25, 0.3) is 0 Å². The summed E-state index contributed by atoms with van der Waals surface area (Å²) >= 11 is 6.09. The van der Waals surface area contributed by atoms with Gasteiger partial charge in [-0.1, -0.05) is 24.6 Å². The fourth-order valence-corrected chi connectivity index (χ4v) is 3.63. The van der Waals surface area contributed by atoms with E-state index in [1.54, 1.807) is 0 Å². The molecule has 1 atom stereocenters.